The third kappa shape index (κ3) is 5.34. The summed E-state index contributed by atoms with van der Waals surface area (Å²) in [5.41, 5.74) is 5.51. The van der Waals surface area contributed by atoms with E-state index >= 15 is 0 Å². The Kier molecular flexibility index (Phi) is 7.69. The first-order valence-corrected chi connectivity index (χ1v) is 10.2. The average molecular weight is 349 g/mol. The molecule has 0 bridgehead atoms. The van der Waals surface area contributed by atoms with E-state index in [0.29, 0.717) is 0 Å². The van der Waals surface area contributed by atoms with Crippen molar-refractivity contribution in [2.24, 2.45) is 11.3 Å². The van der Waals surface area contributed by atoms with Crippen molar-refractivity contribution in [3.05, 3.63) is 83.6 Å². The molecule has 0 aromatic heterocycles. The topological polar surface area (TPSA) is 0 Å². The lowest BCUT2D eigenvalue weighted by molar-refractivity contribution is 0.214. The number of allylic oxidation sites excluding steroid dienone is 13. The minimum atomic E-state index is 0.125. The molecule has 0 aliphatic heterocycles. The SMILES string of the molecule is C=C(C)C(C)(/C(C)=C/C=C(C)/C=C/C1=CC=CC=CC1)C1CCCCC1. The molecule has 1 unspecified atom stereocenters. The van der Waals surface area contributed by atoms with E-state index in [2.05, 4.69) is 89.0 Å². The molecule has 0 N–H and O–H groups in total. The van der Waals surface area contributed by atoms with Gasteiger partial charge in [-0.2, -0.15) is 0 Å². The molecule has 0 aromatic rings. The summed E-state index contributed by atoms with van der Waals surface area (Å²) in [5, 5.41) is 0. The zero-order chi connectivity index (χ0) is 19.0. The Bertz CT molecular complexity index is 669. The summed E-state index contributed by atoms with van der Waals surface area (Å²) in [7, 11) is 0. The van der Waals surface area contributed by atoms with Gasteiger partial charge in [0.25, 0.3) is 0 Å². The van der Waals surface area contributed by atoms with Crippen molar-refractivity contribution in [1.29, 1.82) is 0 Å². The quantitative estimate of drug-likeness (QED) is 0.336. The Balaban J connectivity index is 2.13. The van der Waals surface area contributed by atoms with E-state index in [1.165, 1.54) is 54.4 Å². The maximum absolute atomic E-state index is 4.36. The van der Waals surface area contributed by atoms with Gasteiger partial charge in [-0.15, -0.1) is 0 Å². The first-order valence-electron chi connectivity index (χ1n) is 10.2. The highest BCUT2D eigenvalue weighted by molar-refractivity contribution is 5.36. The van der Waals surface area contributed by atoms with Crippen molar-refractivity contribution in [1.82, 2.24) is 0 Å². The van der Waals surface area contributed by atoms with Gasteiger partial charge in [0.2, 0.25) is 0 Å². The van der Waals surface area contributed by atoms with Gasteiger partial charge in [-0.25, -0.2) is 0 Å². The maximum atomic E-state index is 4.36. The van der Waals surface area contributed by atoms with Gasteiger partial charge in [-0.05, 0) is 51.5 Å². The molecule has 0 amide bonds. The van der Waals surface area contributed by atoms with Crippen LogP contribution in [-0.2, 0) is 0 Å². The molecule has 0 saturated heterocycles. The van der Waals surface area contributed by atoms with Gasteiger partial charge in [0.15, 0.2) is 0 Å². The summed E-state index contributed by atoms with van der Waals surface area (Å²) in [6.45, 7) is 13.5. The lowest BCUT2D eigenvalue weighted by atomic mass is 9.63. The minimum absolute atomic E-state index is 0.125. The molecule has 0 aromatic carbocycles. The Morgan fingerprint density at radius 3 is 2.46 bits per heavy atom. The summed E-state index contributed by atoms with van der Waals surface area (Å²) in [5.74, 6) is 0.740. The van der Waals surface area contributed by atoms with Crippen molar-refractivity contribution in [2.45, 2.75) is 66.2 Å². The molecular weight excluding hydrogens is 312 g/mol. The monoisotopic (exact) mass is 348 g/mol. The minimum Gasteiger partial charge on any atom is -0.0993 e. The van der Waals surface area contributed by atoms with E-state index in [1.54, 1.807) is 0 Å². The summed E-state index contributed by atoms with van der Waals surface area (Å²) < 4.78 is 0. The molecular formula is C26H36. The molecule has 26 heavy (non-hydrogen) atoms. The molecule has 0 radical (unpaired) electrons. The third-order valence-corrected chi connectivity index (χ3v) is 6.31. The Morgan fingerprint density at radius 1 is 1.04 bits per heavy atom. The van der Waals surface area contributed by atoms with E-state index in [9.17, 15) is 0 Å². The van der Waals surface area contributed by atoms with Crippen molar-refractivity contribution in [3.63, 3.8) is 0 Å². The zero-order valence-electron chi connectivity index (χ0n) is 17.2. The van der Waals surface area contributed by atoms with Gasteiger partial charge in [-0.1, -0.05) is 104 Å². The van der Waals surface area contributed by atoms with Gasteiger partial charge in [0, 0.05) is 5.41 Å². The normalized spacial score (nSPS) is 22.2. The number of rotatable bonds is 6. The van der Waals surface area contributed by atoms with Crippen LogP contribution in [0.4, 0.5) is 0 Å². The van der Waals surface area contributed by atoms with Crippen molar-refractivity contribution >= 4 is 0 Å². The predicted octanol–water partition coefficient (Wildman–Crippen LogP) is 8.04. The van der Waals surface area contributed by atoms with Crippen molar-refractivity contribution in [2.75, 3.05) is 0 Å². The fourth-order valence-electron chi connectivity index (χ4n) is 4.13. The van der Waals surface area contributed by atoms with Crippen LogP contribution in [0.3, 0.4) is 0 Å². The van der Waals surface area contributed by atoms with Crippen molar-refractivity contribution in [3.8, 4) is 0 Å². The highest BCUT2D eigenvalue weighted by Crippen LogP contribution is 2.47. The molecule has 0 heterocycles. The Hall–Kier alpha value is -1.82. The first-order chi connectivity index (χ1) is 12.4. The molecule has 0 nitrogen and oxygen atoms in total. The van der Waals surface area contributed by atoms with Gasteiger partial charge in [0.1, 0.15) is 0 Å². The Labute approximate surface area is 161 Å². The summed E-state index contributed by atoms with van der Waals surface area (Å²) in [4.78, 5) is 0. The van der Waals surface area contributed by atoms with E-state index in [4.69, 9.17) is 0 Å². The van der Waals surface area contributed by atoms with Crippen LogP contribution in [0.15, 0.2) is 83.6 Å². The van der Waals surface area contributed by atoms with Gasteiger partial charge in [0.05, 0.1) is 0 Å². The average Bonchev–Trinajstić information content (AvgIpc) is 2.93. The lowest BCUT2D eigenvalue weighted by Crippen LogP contribution is -2.31. The van der Waals surface area contributed by atoms with E-state index in [0.717, 1.165) is 12.3 Å². The summed E-state index contributed by atoms with van der Waals surface area (Å²) >= 11 is 0. The zero-order valence-corrected chi connectivity index (χ0v) is 17.2. The molecule has 1 fully saturated rings. The fourth-order valence-corrected chi connectivity index (χ4v) is 4.13. The van der Waals surface area contributed by atoms with Crippen LogP contribution in [-0.4, -0.2) is 0 Å². The van der Waals surface area contributed by atoms with Crippen LogP contribution < -0.4 is 0 Å². The van der Waals surface area contributed by atoms with Crippen LogP contribution in [0, 0.1) is 11.3 Å². The van der Waals surface area contributed by atoms with Crippen LogP contribution in [0.2, 0.25) is 0 Å². The number of hydrogen-bond donors (Lipinski definition) is 0. The molecule has 1 atom stereocenters. The molecule has 1 saturated carbocycles. The van der Waals surface area contributed by atoms with E-state index in [-0.39, 0.29) is 5.41 Å². The molecule has 2 rings (SSSR count). The van der Waals surface area contributed by atoms with Crippen LogP contribution in [0.25, 0.3) is 0 Å². The van der Waals surface area contributed by atoms with Crippen LogP contribution in [0.1, 0.15) is 66.2 Å². The molecule has 0 heteroatoms. The second-order valence-corrected chi connectivity index (χ2v) is 8.17. The second kappa shape index (κ2) is 9.76. The highest BCUT2D eigenvalue weighted by Gasteiger charge is 2.36. The second-order valence-electron chi connectivity index (χ2n) is 8.17. The van der Waals surface area contributed by atoms with E-state index < -0.39 is 0 Å². The van der Waals surface area contributed by atoms with Crippen LogP contribution >= 0.6 is 0 Å². The fraction of sp³-hybridized carbons (Fsp3) is 0.462. The largest absolute Gasteiger partial charge is 0.0993 e. The smallest absolute Gasteiger partial charge is 0.0115 e. The maximum Gasteiger partial charge on any atom is 0.0115 e. The predicted molar refractivity (Wildman–Crippen MR) is 117 cm³/mol. The van der Waals surface area contributed by atoms with Gasteiger partial charge < -0.3 is 0 Å². The number of hydrogen-bond acceptors (Lipinski definition) is 0. The summed E-state index contributed by atoms with van der Waals surface area (Å²) in [6, 6.07) is 0. The lowest BCUT2D eigenvalue weighted by Gasteiger charge is -2.42. The summed E-state index contributed by atoms with van der Waals surface area (Å²) in [6.07, 6.45) is 27.5. The van der Waals surface area contributed by atoms with Crippen molar-refractivity contribution < 1.29 is 0 Å². The van der Waals surface area contributed by atoms with Gasteiger partial charge >= 0.3 is 0 Å². The molecule has 0 spiro atoms. The van der Waals surface area contributed by atoms with Crippen LogP contribution in [0.5, 0.6) is 0 Å². The first kappa shape index (κ1) is 20.5. The third-order valence-electron chi connectivity index (χ3n) is 6.31. The standard InChI is InChI=1S/C26H36/c1-21(2)26(5,25-15-11-8-12-16-25)23(4)19-17-22(3)18-20-24-13-9-6-7-10-14-24/h6-7,9-10,13,17-20,25H,1,8,11-12,14-16H2,2-5H3/b20-18+,22-17+,23-19+. The van der Waals surface area contributed by atoms with Gasteiger partial charge in [-0.3, -0.25) is 0 Å². The molecule has 140 valence electrons. The highest BCUT2D eigenvalue weighted by atomic mass is 14.4. The molecule has 2 aliphatic rings. The van der Waals surface area contributed by atoms with E-state index in [1.807, 2.05) is 0 Å². The molecule has 2 aliphatic carbocycles. The Morgan fingerprint density at radius 2 is 1.77 bits per heavy atom.